The van der Waals surface area contributed by atoms with Gasteiger partial charge in [0.1, 0.15) is 18.2 Å². The summed E-state index contributed by atoms with van der Waals surface area (Å²) in [6.07, 6.45) is 11.3. The van der Waals surface area contributed by atoms with E-state index in [1.54, 1.807) is 0 Å². The van der Waals surface area contributed by atoms with Crippen LogP contribution < -0.4 is 14.7 Å². The molecule has 0 heterocycles. The molecule has 0 amide bonds. The molecule has 4 aromatic rings. The van der Waals surface area contributed by atoms with Gasteiger partial charge in [0, 0.05) is 73.0 Å². The molecule has 0 aliphatic rings. The molecule has 51 heavy (non-hydrogen) atoms. The molecule has 0 radical (unpaired) electrons. The fraction of sp³-hybridized carbons (Fsp3) is 0.267. The Balaban J connectivity index is 1.87. The topological polar surface area (TPSA) is 81.1 Å². The van der Waals surface area contributed by atoms with Gasteiger partial charge in [0.25, 0.3) is 0 Å². The minimum absolute atomic E-state index is 0.288. The van der Waals surface area contributed by atoms with Crippen LogP contribution in [0, 0.1) is 34.0 Å². The van der Waals surface area contributed by atoms with Gasteiger partial charge in [-0.05, 0) is 94.6 Å². The van der Waals surface area contributed by atoms with Gasteiger partial charge in [-0.15, -0.1) is 0 Å². The second-order valence-electron chi connectivity index (χ2n) is 12.0. The zero-order valence-electron chi connectivity index (χ0n) is 30.8. The summed E-state index contributed by atoms with van der Waals surface area (Å²) in [5.41, 5.74) is 8.57. The van der Waals surface area contributed by atoms with Crippen LogP contribution in [0.4, 0.5) is 17.1 Å². The Morgan fingerprint density at radius 2 is 0.588 bits per heavy atom. The Morgan fingerprint density at radius 3 is 0.765 bits per heavy atom. The van der Waals surface area contributed by atoms with Crippen LogP contribution in [0.3, 0.4) is 0 Å². The molecule has 0 spiro atoms. The molecule has 0 fully saturated rings. The predicted octanol–water partition coefficient (Wildman–Crippen LogP) is 10.4. The maximum Gasteiger partial charge on any atom is 0.100 e. The first-order valence-electron chi connectivity index (χ1n) is 17.9. The summed E-state index contributed by atoms with van der Waals surface area (Å²) in [7, 11) is 0. The summed E-state index contributed by atoms with van der Waals surface area (Å²) in [4.78, 5) is 6.84. The lowest BCUT2D eigenvalue weighted by molar-refractivity contribution is 0.866. The van der Waals surface area contributed by atoms with Crippen LogP contribution in [-0.4, -0.2) is 39.3 Å². The van der Waals surface area contributed by atoms with Gasteiger partial charge < -0.3 is 14.7 Å². The van der Waals surface area contributed by atoms with Crippen molar-refractivity contribution >= 4 is 53.5 Å². The quantitative estimate of drug-likeness (QED) is 0.117. The standard InChI is InChI=1S/C45H48N6/c1-7-49(8-2)37-22-13-34(14-23-37)19-28-40-43(31-46)41(29-20-35-15-24-38(25-16-35)50(9-3)10-4)45(33-48)42(44(40)32-47)30-21-36-17-26-39(27-18-36)51(11-5)12-6/h13-30H,7-12H2,1-6H3. The average molecular weight is 673 g/mol. The minimum Gasteiger partial charge on any atom is -0.372 e. The van der Waals surface area contributed by atoms with Crippen molar-refractivity contribution in [3.63, 3.8) is 0 Å². The number of nitrogens with zero attached hydrogens (tertiary/aromatic N) is 6. The summed E-state index contributed by atoms with van der Waals surface area (Å²) in [5, 5.41) is 31.7. The Labute approximate surface area is 305 Å². The van der Waals surface area contributed by atoms with Crippen LogP contribution >= 0.6 is 0 Å². The molecule has 0 N–H and O–H groups in total. The smallest absolute Gasteiger partial charge is 0.100 e. The Morgan fingerprint density at radius 1 is 0.373 bits per heavy atom. The van der Waals surface area contributed by atoms with Crippen molar-refractivity contribution in [1.82, 2.24) is 0 Å². The van der Waals surface area contributed by atoms with E-state index >= 15 is 0 Å². The normalized spacial score (nSPS) is 11.1. The number of benzene rings is 4. The number of nitriles is 3. The van der Waals surface area contributed by atoms with E-state index in [4.69, 9.17) is 0 Å². The Kier molecular flexibility index (Phi) is 13.8. The fourth-order valence-electron chi connectivity index (χ4n) is 6.37. The molecule has 0 aliphatic heterocycles. The molecule has 0 unspecified atom stereocenters. The summed E-state index contributed by atoms with van der Waals surface area (Å²) in [6, 6.07) is 31.8. The highest BCUT2D eigenvalue weighted by Crippen LogP contribution is 2.33. The molecule has 0 aliphatic carbocycles. The summed E-state index contributed by atoms with van der Waals surface area (Å²) in [5.74, 6) is 0. The van der Waals surface area contributed by atoms with Crippen LogP contribution in [-0.2, 0) is 0 Å². The van der Waals surface area contributed by atoms with Gasteiger partial charge in [0.2, 0.25) is 0 Å². The molecular formula is C45H48N6. The fourth-order valence-corrected chi connectivity index (χ4v) is 6.37. The third-order valence-corrected chi connectivity index (χ3v) is 9.34. The van der Waals surface area contributed by atoms with Crippen LogP contribution in [0.15, 0.2) is 72.8 Å². The molecule has 0 saturated heterocycles. The second kappa shape index (κ2) is 18.7. The Hall–Kier alpha value is -6.03. The lowest BCUT2D eigenvalue weighted by Gasteiger charge is -2.21. The van der Waals surface area contributed by atoms with E-state index in [1.807, 2.05) is 72.9 Å². The highest BCUT2D eigenvalue weighted by atomic mass is 15.1. The van der Waals surface area contributed by atoms with E-state index in [-0.39, 0.29) is 16.7 Å². The van der Waals surface area contributed by atoms with E-state index in [0.29, 0.717) is 16.7 Å². The molecule has 6 nitrogen and oxygen atoms in total. The molecule has 6 heteroatoms. The molecule has 4 aromatic carbocycles. The van der Waals surface area contributed by atoms with E-state index < -0.39 is 0 Å². The molecule has 4 rings (SSSR count). The number of rotatable bonds is 15. The SMILES string of the molecule is CCN(CC)c1ccc(C=Cc2c(C#N)c(C=Cc3ccc(N(CC)CC)cc3)c(C#N)c(C=Cc3ccc(N(CC)CC)cc3)c2C#N)cc1. The third-order valence-electron chi connectivity index (χ3n) is 9.34. The summed E-state index contributed by atoms with van der Waals surface area (Å²) >= 11 is 0. The lowest BCUT2D eigenvalue weighted by Crippen LogP contribution is -2.21. The van der Waals surface area contributed by atoms with Crippen LogP contribution in [0.1, 0.15) is 91.6 Å². The first-order valence-corrected chi connectivity index (χ1v) is 17.9. The first kappa shape index (κ1) is 37.8. The number of hydrogen-bond acceptors (Lipinski definition) is 6. The molecule has 0 atom stereocenters. The third kappa shape index (κ3) is 8.96. The van der Waals surface area contributed by atoms with Gasteiger partial charge in [-0.1, -0.05) is 72.9 Å². The number of hydrogen-bond donors (Lipinski definition) is 0. The van der Waals surface area contributed by atoms with Crippen LogP contribution in [0.5, 0.6) is 0 Å². The lowest BCUT2D eigenvalue weighted by atomic mass is 9.86. The van der Waals surface area contributed by atoms with Gasteiger partial charge >= 0.3 is 0 Å². The van der Waals surface area contributed by atoms with E-state index in [1.165, 1.54) is 0 Å². The highest BCUT2D eigenvalue weighted by Gasteiger charge is 2.21. The van der Waals surface area contributed by atoms with E-state index in [0.717, 1.165) is 73.0 Å². The summed E-state index contributed by atoms with van der Waals surface area (Å²) in [6.45, 7) is 18.3. The Bertz CT molecular complexity index is 1710. The van der Waals surface area contributed by atoms with Crippen molar-refractivity contribution in [3.8, 4) is 18.2 Å². The van der Waals surface area contributed by atoms with Crippen molar-refractivity contribution in [2.45, 2.75) is 41.5 Å². The van der Waals surface area contributed by atoms with Gasteiger partial charge in [0.05, 0.1) is 16.7 Å². The molecule has 258 valence electrons. The zero-order chi connectivity index (χ0) is 36.8. The zero-order valence-corrected chi connectivity index (χ0v) is 30.8. The number of anilines is 3. The van der Waals surface area contributed by atoms with E-state index in [9.17, 15) is 15.8 Å². The monoisotopic (exact) mass is 672 g/mol. The van der Waals surface area contributed by atoms with E-state index in [2.05, 4.69) is 111 Å². The highest BCUT2D eigenvalue weighted by molar-refractivity contribution is 5.90. The molecule has 0 bridgehead atoms. The van der Waals surface area contributed by atoms with Gasteiger partial charge in [-0.3, -0.25) is 0 Å². The van der Waals surface area contributed by atoms with Gasteiger partial charge in [0.15, 0.2) is 0 Å². The molecule has 0 saturated carbocycles. The van der Waals surface area contributed by atoms with Crippen LogP contribution in [0.25, 0.3) is 36.5 Å². The van der Waals surface area contributed by atoms with Crippen molar-refractivity contribution in [2.24, 2.45) is 0 Å². The maximum atomic E-state index is 10.6. The maximum absolute atomic E-state index is 10.6. The largest absolute Gasteiger partial charge is 0.372 e. The summed E-state index contributed by atoms with van der Waals surface area (Å²) < 4.78 is 0. The van der Waals surface area contributed by atoms with Crippen LogP contribution in [0.2, 0.25) is 0 Å². The second-order valence-corrected chi connectivity index (χ2v) is 12.0. The minimum atomic E-state index is 0.288. The first-order chi connectivity index (χ1) is 24.9. The van der Waals surface area contributed by atoms with Crippen molar-refractivity contribution in [3.05, 3.63) is 123 Å². The van der Waals surface area contributed by atoms with Gasteiger partial charge in [-0.25, -0.2) is 0 Å². The van der Waals surface area contributed by atoms with Crippen molar-refractivity contribution in [1.29, 1.82) is 15.8 Å². The average Bonchev–Trinajstić information content (AvgIpc) is 3.17. The molecule has 0 aromatic heterocycles. The predicted molar refractivity (Wildman–Crippen MR) is 217 cm³/mol. The van der Waals surface area contributed by atoms with Crippen molar-refractivity contribution in [2.75, 3.05) is 54.0 Å². The van der Waals surface area contributed by atoms with Gasteiger partial charge in [-0.2, -0.15) is 15.8 Å². The van der Waals surface area contributed by atoms with Crippen molar-refractivity contribution < 1.29 is 0 Å². The molecular weight excluding hydrogens is 625 g/mol.